The van der Waals surface area contributed by atoms with Crippen molar-refractivity contribution in [1.29, 1.82) is 0 Å². The number of carbonyl (C=O) groups is 2. The molecule has 0 radical (unpaired) electrons. The number of hydrogen-bond donors (Lipinski definition) is 0. The van der Waals surface area contributed by atoms with Gasteiger partial charge in [0.25, 0.3) is 5.91 Å². The van der Waals surface area contributed by atoms with E-state index in [-0.39, 0.29) is 24.3 Å². The Morgan fingerprint density at radius 3 is 2.20 bits per heavy atom. The molecule has 3 aliphatic rings. The molecular formula is C19H24N2O4. The van der Waals surface area contributed by atoms with Gasteiger partial charge in [-0.15, -0.1) is 0 Å². The lowest BCUT2D eigenvalue weighted by Gasteiger charge is -2.39. The van der Waals surface area contributed by atoms with Gasteiger partial charge in [0.2, 0.25) is 5.91 Å². The molecule has 3 fully saturated rings. The summed E-state index contributed by atoms with van der Waals surface area (Å²) in [6.07, 6.45) is 1.74. The van der Waals surface area contributed by atoms with Crippen LogP contribution in [0.2, 0.25) is 0 Å². The number of likely N-dealkylation sites (tertiary alicyclic amines) is 1. The van der Waals surface area contributed by atoms with Crippen LogP contribution in [0.15, 0.2) is 18.2 Å². The lowest BCUT2D eigenvalue weighted by Crippen LogP contribution is -2.51. The molecule has 1 aromatic carbocycles. The summed E-state index contributed by atoms with van der Waals surface area (Å²) in [4.78, 5) is 29.0. The van der Waals surface area contributed by atoms with E-state index in [4.69, 9.17) is 9.47 Å². The van der Waals surface area contributed by atoms with Gasteiger partial charge in [-0.25, -0.2) is 4.90 Å². The van der Waals surface area contributed by atoms with Gasteiger partial charge < -0.3 is 9.47 Å². The van der Waals surface area contributed by atoms with Gasteiger partial charge in [0, 0.05) is 25.9 Å². The Morgan fingerprint density at radius 2 is 1.60 bits per heavy atom. The van der Waals surface area contributed by atoms with Crippen LogP contribution < -0.4 is 4.90 Å². The SMILES string of the molecule is Cc1cc(C)cc(N2C(=O)CC(N3CCC4(CC3)OCCO4)C2=O)c1. The Labute approximate surface area is 147 Å². The lowest BCUT2D eigenvalue weighted by atomic mass is 10.0. The van der Waals surface area contributed by atoms with Crippen molar-refractivity contribution in [3.05, 3.63) is 29.3 Å². The predicted octanol–water partition coefficient (Wildman–Crippen LogP) is 1.77. The summed E-state index contributed by atoms with van der Waals surface area (Å²) in [6.45, 7) is 6.66. The Morgan fingerprint density at radius 1 is 1.00 bits per heavy atom. The number of carbonyl (C=O) groups excluding carboxylic acids is 2. The van der Waals surface area contributed by atoms with Crippen LogP contribution in [-0.2, 0) is 19.1 Å². The van der Waals surface area contributed by atoms with E-state index in [0.717, 1.165) is 24.0 Å². The maximum absolute atomic E-state index is 13.0. The van der Waals surface area contributed by atoms with Gasteiger partial charge in [0.1, 0.15) is 0 Å². The van der Waals surface area contributed by atoms with E-state index >= 15 is 0 Å². The molecule has 3 saturated heterocycles. The molecule has 0 aliphatic carbocycles. The van der Waals surface area contributed by atoms with Crippen molar-refractivity contribution in [2.75, 3.05) is 31.2 Å². The first-order chi connectivity index (χ1) is 12.0. The minimum atomic E-state index is -0.463. The van der Waals surface area contributed by atoms with Gasteiger partial charge in [-0.05, 0) is 37.1 Å². The normalized spacial score (nSPS) is 26.8. The summed E-state index contributed by atoms with van der Waals surface area (Å²) in [6, 6.07) is 5.47. The van der Waals surface area contributed by atoms with Crippen molar-refractivity contribution in [2.45, 2.75) is 44.9 Å². The number of imide groups is 1. The number of benzene rings is 1. The number of piperidine rings is 1. The second-order valence-electron chi connectivity index (χ2n) is 7.28. The van der Waals surface area contributed by atoms with Crippen molar-refractivity contribution in [1.82, 2.24) is 4.90 Å². The first-order valence-corrected chi connectivity index (χ1v) is 8.94. The first kappa shape index (κ1) is 16.7. The van der Waals surface area contributed by atoms with E-state index in [2.05, 4.69) is 4.90 Å². The number of hydrogen-bond acceptors (Lipinski definition) is 5. The Kier molecular flexibility index (Phi) is 4.14. The fourth-order valence-electron chi connectivity index (χ4n) is 4.21. The maximum Gasteiger partial charge on any atom is 0.251 e. The van der Waals surface area contributed by atoms with E-state index in [1.807, 2.05) is 32.0 Å². The molecule has 6 heteroatoms. The zero-order valence-electron chi connectivity index (χ0n) is 14.8. The minimum Gasteiger partial charge on any atom is -0.347 e. The van der Waals surface area contributed by atoms with Crippen LogP contribution >= 0.6 is 0 Å². The van der Waals surface area contributed by atoms with E-state index in [9.17, 15) is 9.59 Å². The quantitative estimate of drug-likeness (QED) is 0.766. The third-order valence-corrected chi connectivity index (χ3v) is 5.40. The molecule has 3 heterocycles. The average molecular weight is 344 g/mol. The van der Waals surface area contributed by atoms with Crippen LogP contribution in [0.5, 0.6) is 0 Å². The first-order valence-electron chi connectivity index (χ1n) is 8.94. The molecule has 1 aromatic rings. The van der Waals surface area contributed by atoms with Gasteiger partial charge in [0.15, 0.2) is 5.79 Å². The molecule has 25 heavy (non-hydrogen) atoms. The van der Waals surface area contributed by atoms with Crippen LogP contribution in [-0.4, -0.2) is 54.8 Å². The van der Waals surface area contributed by atoms with Crippen molar-refractivity contribution in [3.63, 3.8) is 0 Å². The molecule has 1 spiro atoms. The Hall–Kier alpha value is -1.76. The highest BCUT2D eigenvalue weighted by Gasteiger charge is 2.47. The summed E-state index contributed by atoms with van der Waals surface area (Å²) in [5.41, 5.74) is 2.79. The lowest BCUT2D eigenvalue weighted by molar-refractivity contribution is -0.188. The standard InChI is InChI=1S/C19H24N2O4/c1-13-9-14(2)11-15(10-13)21-17(22)12-16(18(21)23)20-5-3-19(4-6-20)24-7-8-25-19/h9-11,16H,3-8,12H2,1-2H3. The topological polar surface area (TPSA) is 59.1 Å². The highest BCUT2D eigenvalue weighted by Crippen LogP contribution is 2.34. The highest BCUT2D eigenvalue weighted by molar-refractivity contribution is 6.22. The van der Waals surface area contributed by atoms with Crippen LogP contribution in [0.1, 0.15) is 30.4 Å². The summed E-state index contributed by atoms with van der Waals surface area (Å²) in [7, 11) is 0. The second-order valence-corrected chi connectivity index (χ2v) is 7.28. The van der Waals surface area contributed by atoms with Gasteiger partial charge in [-0.3, -0.25) is 14.5 Å². The number of aryl methyl sites for hydroxylation is 2. The molecule has 4 rings (SSSR count). The molecule has 2 amide bonds. The smallest absolute Gasteiger partial charge is 0.251 e. The molecule has 0 N–H and O–H groups in total. The molecule has 134 valence electrons. The highest BCUT2D eigenvalue weighted by atomic mass is 16.7. The zero-order chi connectivity index (χ0) is 17.6. The Balaban J connectivity index is 1.50. The average Bonchev–Trinajstić information content (AvgIpc) is 3.12. The van der Waals surface area contributed by atoms with Crippen LogP contribution in [0, 0.1) is 13.8 Å². The van der Waals surface area contributed by atoms with Crippen molar-refractivity contribution < 1.29 is 19.1 Å². The molecular weight excluding hydrogens is 320 g/mol. The van der Waals surface area contributed by atoms with Crippen molar-refractivity contribution in [3.8, 4) is 0 Å². The second kappa shape index (κ2) is 6.20. The zero-order valence-corrected chi connectivity index (χ0v) is 14.8. The molecule has 6 nitrogen and oxygen atoms in total. The van der Waals surface area contributed by atoms with Gasteiger partial charge in [-0.2, -0.15) is 0 Å². The number of nitrogens with zero attached hydrogens (tertiary/aromatic N) is 2. The van der Waals surface area contributed by atoms with E-state index in [1.54, 1.807) is 0 Å². The third kappa shape index (κ3) is 2.99. The van der Waals surface area contributed by atoms with Crippen LogP contribution in [0.25, 0.3) is 0 Å². The Bertz CT molecular complexity index is 681. The summed E-state index contributed by atoms with van der Waals surface area (Å²) in [5, 5.41) is 0. The van der Waals surface area contributed by atoms with E-state index in [1.165, 1.54) is 4.90 Å². The van der Waals surface area contributed by atoms with Crippen molar-refractivity contribution >= 4 is 17.5 Å². The number of ether oxygens (including phenoxy) is 2. The molecule has 0 saturated carbocycles. The fourth-order valence-corrected chi connectivity index (χ4v) is 4.21. The van der Waals surface area contributed by atoms with E-state index in [0.29, 0.717) is 32.0 Å². The van der Waals surface area contributed by atoms with E-state index < -0.39 is 5.79 Å². The summed E-state index contributed by atoms with van der Waals surface area (Å²) >= 11 is 0. The molecule has 0 bridgehead atoms. The molecule has 3 aliphatic heterocycles. The van der Waals surface area contributed by atoms with Gasteiger partial charge in [0.05, 0.1) is 31.4 Å². The third-order valence-electron chi connectivity index (χ3n) is 5.40. The molecule has 0 aromatic heterocycles. The molecule has 1 atom stereocenters. The van der Waals surface area contributed by atoms with Gasteiger partial charge in [-0.1, -0.05) is 6.07 Å². The van der Waals surface area contributed by atoms with Crippen LogP contribution in [0.3, 0.4) is 0 Å². The fraction of sp³-hybridized carbons (Fsp3) is 0.579. The number of anilines is 1. The number of amides is 2. The molecule has 1 unspecified atom stereocenters. The predicted molar refractivity (Wildman–Crippen MR) is 92.3 cm³/mol. The van der Waals surface area contributed by atoms with Crippen molar-refractivity contribution in [2.24, 2.45) is 0 Å². The minimum absolute atomic E-state index is 0.112. The largest absolute Gasteiger partial charge is 0.347 e. The summed E-state index contributed by atoms with van der Waals surface area (Å²) in [5.74, 6) is -0.692. The summed E-state index contributed by atoms with van der Waals surface area (Å²) < 4.78 is 11.5. The maximum atomic E-state index is 13.0. The van der Waals surface area contributed by atoms with Gasteiger partial charge >= 0.3 is 0 Å². The monoisotopic (exact) mass is 344 g/mol. The van der Waals surface area contributed by atoms with Crippen LogP contribution in [0.4, 0.5) is 5.69 Å². The number of rotatable bonds is 2.